The fraction of sp³-hybridized carbons (Fsp3) is 0.556. The number of nitrogens with zero attached hydrogens (tertiary/aromatic N) is 1. The molecule has 0 unspecified atom stereocenters. The summed E-state index contributed by atoms with van der Waals surface area (Å²) in [6.45, 7) is 7.61. The number of fused-ring (bicyclic) bond motifs is 1. The van der Waals surface area contributed by atoms with Crippen LogP contribution in [-0.2, 0) is 10.2 Å². The maximum Gasteiger partial charge on any atom is 0.303 e. The van der Waals surface area contributed by atoms with E-state index >= 15 is 0 Å². The van der Waals surface area contributed by atoms with Crippen molar-refractivity contribution in [3.63, 3.8) is 0 Å². The van der Waals surface area contributed by atoms with E-state index < -0.39 is 5.97 Å². The molecule has 0 bridgehead atoms. The number of hydrogen-bond acceptors (Lipinski definition) is 2. The molecule has 1 aromatic carbocycles. The fourth-order valence-corrected chi connectivity index (χ4v) is 3.10. The van der Waals surface area contributed by atoms with Crippen molar-refractivity contribution in [1.29, 1.82) is 0 Å². The lowest BCUT2D eigenvalue weighted by atomic mass is 9.82. The van der Waals surface area contributed by atoms with Crippen molar-refractivity contribution in [3.8, 4) is 5.75 Å². The highest BCUT2D eigenvalue weighted by atomic mass is 79.9. The van der Waals surface area contributed by atoms with Crippen LogP contribution in [0, 0.1) is 0 Å². The molecule has 2 rings (SSSR count). The molecule has 0 radical (unpaired) electrons. The van der Waals surface area contributed by atoms with Gasteiger partial charge >= 0.3 is 5.97 Å². The van der Waals surface area contributed by atoms with Gasteiger partial charge in [0.2, 0.25) is 5.69 Å². The van der Waals surface area contributed by atoms with Gasteiger partial charge in [-0.05, 0) is 38.8 Å². The Balaban J connectivity index is 0.00000264. The van der Waals surface area contributed by atoms with Crippen LogP contribution in [-0.4, -0.2) is 35.0 Å². The van der Waals surface area contributed by atoms with Crippen LogP contribution in [0.5, 0.6) is 5.75 Å². The average Bonchev–Trinajstić information content (AvgIpc) is 2.67. The molecule has 0 aliphatic carbocycles. The minimum absolute atomic E-state index is 0. The lowest BCUT2D eigenvalue weighted by Crippen LogP contribution is -3.00. The van der Waals surface area contributed by atoms with E-state index in [9.17, 15) is 4.79 Å². The summed E-state index contributed by atoms with van der Waals surface area (Å²) in [7, 11) is 1.69. The molecule has 0 saturated carbocycles. The molecule has 0 amide bonds. The van der Waals surface area contributed by atoms with E-state index in [2.05, 4.69) is 37.5 Å². The third-order valence-electron chi connectivity index (χ3n) is 4.75. The first kappa shape index (κ1) is 19.7. The molecule has 0 fully saturated rings. The van der Waals surface area contributed by atoms with Gasteiger partial charge in [-0.2, -0.15) is 4.58 Å². The monoisotopic (exact) mass is 383 g/mol. The molecule has 1 aliphatic heterocycles. The van der Waals surface area contributed by atoms with Gasteiger partial charge in [0.15, 0.2) is 5.71 Å². The third-order valence-corrected chi connectivity index (χ3v) is 4.75. The molecule has 4 nitrogen and oxygen atoms in total. The lowest BCUT2D eigenvalue weighted by Gasteiger charge is -2.15. The Hall–Kier alpha value is -1.36. The van der Waals surface area contributed by atoms with Gasteiger partial charge in [0.1, 0.15) is 12.3 Å². The van der Waals surface area contributed by atoms with E-state index in [0.717, 1.165) is 31.6 Å². The molecular formula is C18H26BrNO3. The van der Waals surface area contributed by atoms with Crippen LogP contribution in [0.3, 0.4) is 0 Å². The van der Waals surface area contributed by atoms with Crippen LogP contribution in [0.15, 0.2) is 18.2 Å². The normalized spacial score (nSPS) is 15.1. The quantitative estimate of drug-likeness (QED) is 0.558. The summed E-state index contributed by atoms with van der Waals surface area (Å²) in [5.74, 6) is 0.186. The van der Waals surface area contributed by atoms with E-state index in [-0.39, 0.29) is 28.8 Å². The van der Waals surface area contributed by atoms with Crippen molar-refractivity contribution in [2.75, 3.05) is 13.7 Å². The summed E-state index contributed by atoms with van der Waals surface area (Å²) in [6, 6.07) is 6.26. The van der Waals surface area contributed by atoms with Crippen LogP contribution < -0.4 is 21.7 Å². The van der Waals surface area contributed by atoms with E-state index in [4.69, 9.17) is 9.84 Å². The second-order valence-electron chi connectivity index (χ2n) is 6.45. The molecule has 0 spiro atoms. The van der Waals surface area contributed by atoms with Gasteiger partial charge in [-0.3, -0.25) is 4.79 Å². The van der Waals surface area contributed by atoms with Gasteiger partial charge in [-0.1, -0.05) is 0 Å². The van der Waals surface area contributed by atoms with Gasteiger partial charge in [0, 0.05) is 31.4 Å². The van der Waals surface area contributed by atoms with Crippen molar-refractivity contribution in [1.82, 2.24) is 0 Å². The number of ether oxygens (including phenoxy) is 1. The number of methoxy groups -OCH3 is 1. The van der Waals surface area contributed by atoms with Gasteiger partial charge in [0.05, 0.1) is 12.5 Å². The van der Waals surface area contributed by atoms with Crippen molar-refractivity contribution < 1.29 is 36.2 Å². The summed E-state index contributed by atoms with van der Waals surface area (Å²) >= 11 is 0. The Morgan fingerprint density at radius 3 is 2.57 bits per heavy atom. The zero-order valence-corrected chi connectivity index (χ0v) is 15.9. The Bertz CT molecular complexity index is 608. The minimum Gasteiger partial charge on any atom is -1.00 e. The van der Waals surface area contributed by atoms with Crippen LogP contribution >= 0.6 is 0 Å². The molecule has 1 aliphatic rings. The Kier molecular flexibility index (Phi) is 6.81. The molecule has 5 heteroatoms. The smallest absolute Gasteiger partial charge is 0.303 e. The Morgan fingerprint density at radius 1 is 1.26 bits per heavy atom. The summed E-state index contributed by atoms with van der Waals surface area (Å²) in [6.07, 6.45) is 2.97. The van der Waals surface area contributed by atoms with Gasteiger partial charge in [-0.15, -0.1) is 0 Å². The number of aliphatic carboxylic acids is 1. The van der Waals surface area contributed by atoms with Crippen molar-refractivity contribution in [2.45, 2.75) is 51.9 Å². The second kappa shape index (κ2) is 7.95. The number of unbranched alkanes of at least 4 members (excludes halogenated alkanes) is 2. The van der Waals surface area contributed by atoms with Crippen LogP contribution in [0.4, 0.5) is 5.69 Å². The second-order valence-corrected chi connectivity index (χ2v) is 6.45. The van der Waals surface area contributed by atoms with Crippen molar-refractivity contribution >= 4 is 17.4 Å². The number of rotatable bonds is 7. The highest BCUT2D eigenvalue weighted by Crippen LogP contribution is 2.41. The van der Waals surface area contributed by atoms with Crippen molar-refractivity contribution in [3.05, 3.63) is 23.8 Å². The summed E-state index contributed by atoms with van der Waals surface area (Å²) in [5, 5.41) is 8.69. The minimum atomic E-state index is -0.706. The fourth-order valence-electron chi connectivity index (χ4n) is 3.10. The average molecular weight is 384 g/mol. The maximum atomic E-state index is 10.6. The summed E-state index contributed by atoms with van der Waals surface area (Å²) in [5.41, 5.74) is 3.90. The molecule has 1 N–H and O–H groups in total. The molecule has 0 aromatic heterocycles. The van der Waals surface area contributed by atoms with E-state index in [1.165, 1.54) is 17.0 Å². The number of carboxylic acids is 1. The zero-order chi connectivity index (χ0) is 16.3. The topological polar surface area (TPSA) is 49.5 Å². The van der Waals surface area contributed by atoms with Crippen LogP contribution in [0.1, 0.15) is 52.0 Å². The van der Waals surface area contributed by atoms with Gasteiger partial charge in [-0.25, -0.2) is 0 Å². The Labute approximate surface area is 148 Å². The standard InChI is InChI=1S/C18H25NO3.BrH/c1-13-18(2,3)15-12-14(22-4)9-10-16(15)19(13)11-7-5-6-8-17(20)21;/h9-10,12H,5-8,11H2,1-4H3;1H. The van der Waals surface area contributed by atoms with Gasteiger partial charge in [0.25, 0.3) is 0 Å². The molecular weight excluding hydrogens is 358 g/mol. The van der Waals surface area contributed by atoms with E-state index in [1.807, 2.05) is 6.07 Å². The van der Waals surface area contributed by atoms with Crippen LogP contribution in [0.25, 0.3) is 0 Å². The van der Waals surface area contributed by atoms with E-state index in [0.29, 0.717) is 0 Å². The molecule has 1 heterocycles. The highest BCUT2D eigenvalue weighted by Gasteiger charge is 2.42. The first-order valence-corrected chi connectivity index (χ1v) is 7.90. The number of benzene rings is 1. The predicted molar refractivity (Wildman–Crippen MR) is 87.6 cm³/mol. The molecule has 0 atom stereocenters. The Morgan fingerprint density at radius 2 is 1.96 bits per heavy atom. The molecule has 128 valence electrons. The van der Waals surface area contributed by atoms with Crippen LogP contribution in [0.2, 0.25) is 0 Å². The number of carbonyl (C=O) groups is 1. The highest BCUT2D eigenvalue weighted by molar-refractivity contribution is 5.93. The van der Waals surface area contributed by atoms with Crippen molar-refractivity contribution in [2.24, 2.45) is 0 Å². The van der Waals surface area contributed by atoms with E-state index in [1.54, 1.807) is 7.11 Å². The third kappa shape index (κ3) is 4.14. The SMILES string of the molecule is COc1ccc2c(c1)C(C)(C)C(C)=[N+]2CCCCCC(=O)O.[Br-]. The number of halogens is 1. The number of hydrogen-bond donors (Lipinski definition) is 1. The predicted octanol–water partition coefficient (Wildman–Crippen LogP) is 0.740. The largest absolute Gasteiger partial charge is 1.00 e. The van der Waals surface area contributed by atoms with Gasteiger partial charge < -0.3 is 26.8 Å². The lowest BCUT2D eigenvalue weighted by molar-refractivity contribution is -0.439. The summed E-state index contributed by atoms with van der Waals surface area (Å²) < 4.78 is 7.73. The first-order valence-electron chi connectivity index (χ1n) is 7.90. The first-order chi connectivity index (χ1) is 10.4. The maximum absolute atomic E-state index is 10.6. The summed E-state index contributed by atoms with van der Waals surface area (Å²) in [4.78, 5) is 10.6. The molecule has 23 heavy (non-hydrogen) atoms. The zero-order valence-electron chi connectivity index (χ0n) is 14.4. The molecule has 1 aromatic rings. The number of carboxylic acid groups (broad SMARTS) is 1. The molecule has 0 saturated heterocycles.